The number of anilines is 1. The van der Waals surface area contributed by atoms with Gasteiger partial charge in [0.25, 0.3) is 5.69 Å². The maximum atomic E-state index is 11.4. The Morgan fingerprint density at radius 3 is 2.79 bits per heavy atom. The molecule has 0 aromatic heterocycles. The fourth-order valence-corrected chi connectivity index (χ4v) is 1.71. The van der Waals surface area contributed by atoms with Gasteiger partial charge in [0.05, 0.1) is 11.5 Å². The van der Waals surface area contributed by atoms with Gasteiger partial charge in [-0.25, -0.2) is 0 Å². The van der Waals surface area contributed by atoms with Crippen LogP contribution in [-0.4, -0.2) is 35.9 Å². The number of nitro benzene ring substituents is 1. The van der Waals surface area contributed by atoms with Crippen molar-refractivity contribution < 1.29 is 9.72 Å². The molecule has 7 heteroatoms. The molecule has 1 amide bonds. The SMILES string of the molecule is CCNC(=O)CN(C)Cc1ccc(N)c([N+](=O)[O-])c1. The molecule has 0 spiro atoms. The van der Waals surface area contributed by atoms with E-state index in [2.05, 4.69) is 5.32 Å². The molecule has 0 atom stereocenters. The van der Waals surface area contributed by atoms with E-state index in [1.54, 1.807) is 18.0 Å². The molecule has 7 nitrogen and oxygen atoms in total. The number of likely N-dealkylation sites (N-methyl/N-ethyl adjacent to an activating group) is 2. The van der Waals surface area contributed by atoms with Crippen LogP contribution in [0.4, 0.5) is 11.4 Å². The minimum atomic E-state index is -0.511. The largest absolute Gasteiger partial charge is 0.393 e. The van der Waals surface area contributed by atoms with Crippen LogP contribution in [0.15, 0.2) is 18.2 Å². The Kier molecular flexibility index (Phi) is 5.25. The van der Waals surface area contributed by atoms with E-state index in [4.69, 9.17) is 5.73 Å². The fourth-order valence-electron chi connectivity index (χ4n) is 1.71. The van der Waals surface area contributed by atoms with E-state index in [0.29, 0.717) is 13.1 Å². The molecule has 1 aromatic carbocycles. The number of nitro groups is 1. The Labute approximate surface area is 111 Å². The summed E-state index contributed by atoms with van der Waals surface area (Å²) in [5.41, 5.74) is 6.30. The molecule has 0 bridgehead atoms. The molecule has 0 aliphatic heterocycles. The van der Waals surface area contributed by atoms with Gasteiger partial charge in [-0.3, -0.25) is 19.8 Å². The van der Waals surface area contributed by atoms with Crippen LogP contribution in [0.2, 0.25) is 0 Å². The van der Waals surface area contributed by atoms with Crippen LogP contribution in [0.5, 0.6) is 0 Å². The number of nitrogen functional groups attached to an aromatic ring is 1. The zero-order valence-electron chi connectivity index (χ0n) is 11.0. The van der Waals surface area contributed by atoms with E-state index in [1.807, 2.05) is 6.92 Å². The summed E-state index contributed by atoms with van der Waals surface area (Å²) in [6.45, 7) is 3.12. The lowest BCUT2D eigenvalue weighted by Gasteiger charge is -2.16. The summed E-state index contributed by atoms with van der Waals surface area (Å²) in [7, 11) is 1.78. The molecular formula is C12H18N4O3. The third-order valence-corrected chi connectivity index (χ3v) is 2.53. The topological polar surface area (TPSA) is 102 Å². The van der Waals surface area contributed by atoms with Crippen molar-refractivity contribution in [1.82, 2.24) is 10.2 Å². The Hall–Kier alpha value is -2.15. The lowest BCUT2D eigenvalue weighted by Crippen LogP contribution is -2.34. The average molecular weight is 266 g/mol. The highest BCUT2D eigenvalue weighted by molar-refractivity contribution is 5.77. The highest BCUT2D eigenvalue weighted by Gasteiger charge is 2.13. The summed E-state index contributed by atoms with van der Waals surface area (Å²) >= 11 is 0. The number of nitrogens with zero attached hydrogens (tertiary/aromatic N) is 2. The van der Waals surface area contributed by atoms with E-state index >= 15 is 0 Å². The first-order chi connectivity index (χ1) is 8.93. The van der Waals surface area contributed by atoms with Crippen molar-refractivity contribution in [3.8, 4) is 0 Å². The summed E-state index contributed by atoms with van der Waals surface area (Å²) in [6.07, 6.45) is 0. The monoisotopic (exact) mass is 266 g/mol. The summed E-state index contributed by atoms with van der Waals surface area (Å²) in [4.78, 5) is 23.4. The van der Waals surface area contributed by atoms with Crippen LogP contribution in [0.3, 0.4) is 0 Å². The molecule has 0 heterocycles. The predicted octanol–water partition coefficient (Wildman–Crippen LogP) is 0.745. The Morgan fingerprint density at radius 1 is 1.53 bits per heavy atom. The second kappa shape index (κ2) is 6.69. The maximum Gasteiger partial charge on any atom is 0.292 e. The summed E-state index contributed by atoms with van der Waals surface area (Å²) in [5, 5.41) is 13.5. The van der Waals surface area contributed by atoms with Gasteiger partial charge in [0.1, 0.15) is 5.69 Å². The minimum absolute atomic E-state index is 0.0741. The molecule has 3 N–H and O–H groups in total. The van der Waals surface area contributed by atoms with Gasteiger partial charge in [-0.1, -0.05) is 6.07 Å². The van der Waals surface area contributed by atoms with E-state index in [9.17, 15) is 14.9 Å². The maximum absolute atomic E-state index is 11.4. The van der Waals surface area contributed by atoms with Crippen LogP contribution in [0.25, 0.3) is 0 Å². The van der Waals surface area contributed by atoms with Gasteiger partial charge < -0.3 is 11.1 Å². The molecule has 0 aliphatic carbocycles. The summed E-state index contributed by atoms with van der Waals surface area (Å²) in [6, 6.07) is 4.66. The first kappa shape index (κ1) is 14.9. The number of carbonyl (C=O) groups excluding carboxylic acids is 1. The highest BCUT2D eigenvalue weighted by atomic mass is 16.6. The number of hydrogen-bond donors (Lipinski definition) is 2. The number of benzene rings is 1. The Bertz CT molecular complexity index is 476. The molecule has 19 heavy (non-hydrogen) atoms. The number of amides is 1. The Morgan fingerprint density at radius 2 is 2.21 bits per heavy atom. The lowest BCUT2D eigenvalue weighted by atomic mass is 10.1. The smallest absolute Gasteiger partial charge is 0.292 e. The molecule has 0 saturated heterocycles. The van der Waals surface area contributed by atoms with Gasteiger partial charge in [0, 0.05) is 19.2 Å². The van der Waals surface area contributed by atoms with Crippen molar-refractivity contribution in [2.24, 2.45) is 0 Å². The van der Waals surface area contributed by atoms with Crippen molar-refractivity contribution in [1.29, 1.82) is 0 Å². The van der Waals surface area contributed by atoms with Crippen LogP contribution < -0.4 is 11.1 Å². The number of nitrogens with two attached hydrogens (primary N) is 1. The molecule has 0 unspecified atom stereocenters. The van der Waals surface area contributed by atoms with Crippen molar-refractivity contribution >= 4 is 17.3 Å². The summed E-state index contributed by atoms with van der Waals surface area (Å²) in [5.74, 6) is -0.0741. The normalized spacial score (nSPS) is 10.5. The van der Waals surface area contributed by atoms with Crippen molar-refractivity contribution in [2.45, 2.75) is 13.5 Å². The van der Waals surface area contributed by atoms with Gasteiger partial charge in [-0.2, -0.15) is 0 Å². The number of rotatable bonds is 6. The van der Waals surface area contributed by atoms with Crippen molar-refractivity contribution in [3.05, 3.63) is 33.9 Å². The standard InChI is InChI=1S/C12H18N4O3/c1-3-14-12(17)8-15(2)7-9-4-5-10(13)11(6-9)16(18)19/h4-6H,3,7-8,13H2,1-2H3,(H,14,17). The Balaban J connectivity index is 2.69. The number of carbonyl (C=O) groups is 1. The molecule has 0 saturated carbocycles. The number of hydrogen-bond acceptors (Lipinski definition) is 5. The predicted molar refractivity (Wildman–Crippen MR) is 72.5 cm³/mol. The van der Waals surface area contributed by atoms with Crippen LogP contribution in [0, 0.1) is 10.1 Å². The van der Waals surface area contributed by atoms with Gasteiger partial charge in [0.2, 0.25) is 5.91 Å². The molecule has 0 radical (unpaired) electrons. The van der Waals surface area contributed by atoms with Crippen LogP contribution in [-0.2, 0) is 11.3 Å². The molecule has 0 aliphatic rings. The fraction of sp³-hybridized carbons (Fsp3) is 0.417. The van der Waals surface area contributed by atoms with Gasteiger partial charge >= 0.3 is 0 Å². The second-order valence-electron chi connectivity index (χ2n) is 4.28. The van der Waals surface area contributed by atoms with Crippen molar-refractivity contribution in [2.75, 3.05) is 25.9 Å². The lowest BCUT2D eigenvalue weighted by molar-refractivity contribution is -0.384. The first-order valence-electron chi connectivity index (χ1n) is 5.92. The zero-order chi connectivity index (χ0) is 14.4. The highest BCUT2D eigenvalue weighted by Crippen LogP contribution is 2.22. The zero-order valence-corrected chi connectivity index (χ0v) is 11.0. The quantitative estimate of drug-likeness (QED) is 0.449. The molecule has 104 valence electrons. The van der Waals surface area contributed by atoms with E-state index in [0.717, 1.165) is 5.56 Å². The van der Waals surface area contributed by atoms with Gasteiger partial charge in [0.15, 0.2) is 0 Å². The van der Waals surface area contributed by atoms with Gasteiger partial charge in [-0.05, 0) is 25.6 Å². The van der Waals surface area contributed by atoms with E-state index in [-0.39, 0.29) is 23.8 Å². The molecular weight excluding hydrogens is 248 g/mol. The minimum Gasteiger partial charge on any atom is -0.393 e. The van der Waals surface area contributed by atoms with Crippen LogP contribution >= 0.6 is 0 Å². The van der Waals surface area contributed by atoms with Crippen molar-refractivity contribution in [3.63, 3.8) is 0 Å². The first-order valence-corrected chi connectivity index (χ1v) is 5.92. The number of nitrogens with one attached hydrogen (secondary N) is 1. The van der Waals surface area contributed by atoms with Gasteiger partial charge in [-0.15, -0.1) is 0 Å². The second-order valence-corrected chi connectivity index (χ2v) is 4.28. The molecule has 0 fully saturated rings. The summed E-state index contributed by atoms with van der Waals surface area (Å²) < 4.78 is 0. The molecule has 1 rings (SSSR count). The van der Waals surface area contributed by atoms with E-state index < -0.39 is 4.92 Å². The third kappa shape index (κ3) is 4.55. The average Bonchev–Trinajstić information content (AvgIpc) is 2.31. The molecule has 1 aromatic rings. The van der Waals surface area contributed by atoms with E-state index in [1.165, 1.54) is 12.1 Å². The third-order valence-electron chi connectivity index (χ3n) is 2.53. The van der Waals surface area contributed by atoms with Crippen LogP contribution in [0.1, 0.15) is 12.5 Å².